The molecule has 2 saturated heterocycles. The number of aliphatic hydroxyl groups excluding tert-OH is 1. The summed E-state index contributed by atoms with van der Waals surface area (Å²) in [5.41, 5.74) is 4.27. The monoisotopic (exact) mass is 647 g/mol. The predicted molar refractivity (Wildman–Crippen MR) is 178 cm³/mol. The maximum absolute atomic E-state index is 13.9. The molecule has 3 amide bonds. The van der Waals surface area contributed by atoms with E-state index in [2.05, 4.69) is 20.9 Å². The predicted octanol–water partition coefficient (Wildman–Crippen LogP) is 4.77. The smallest absolute Gasteiger partial charge is 0.246 e. The number of thiazole rings is 1. The van der Waals surface area contributed by atoms with Crippen LogP contribution in [0.25, 0.3) is 10.4 Å². The zero-order valence-corrected chi connectivity index (χ0v) is 28.4. The van der Waals surface area contributed by atoms with Crippen molar-refractivity contribution >= 4 is 41.5 Å². The van der Waals surface area contributed by atoms with Crippen molar-refractivity contribution in [1.82, 2.24) is 25.8 Å². The summed E-state index contributed by atoms with van der Waals surface area (Å²) in [5.74, 6) is -0.0567. The Bertz CT molecular complexity index is 1240. The number of amides is 3. The molecule has 244 valence electrons. The molecule has 2 aromatic rings. The number of β-amino-alcohol motifs (C(OH)–C–C–N with tert-alkyl or cyclic N) is 1. The summed E-state index contributed by atoms with van der Waals surface area (Å²) in [7, 11) is 0. The number of likely N-dealkylation sites (tertiary alicyclic amines) is 1. The summed E-state index contributed by atoms with van der Waals surface area (Å²) in [6.45, 7) is 11.8. The molecule has 11 heteroatoms. The van der Waals surface area contributed by atoms with E-state index in [0.717, 1.165) is 60.0 Å². The first-order valence-electron chi connectivity index (χ1n) is 15.7. The highest BCUT2D eigenvalue weighted by Crippen LogP contribution is 2.30. The molecule has 1 aromatic carbocycles. The van der Waals surface area contributed by atoms with Crippen LogP contribution in [-0.2, 0) is 14.4 Å². The van der Waals surface area contributed by atoms with Crippen molar-refractivity contribution in [3.63, 3.8) is 0 Å². The lowest BCUT2D eigenvalue weighted by atomic mass is 9.85. The van der Waals surface area contributed by atoms with Crippen LogP contribution in [0.15, 0.2) is 29.8 Å². The van der Waals surface area contributed by atoms with Crippen molar-refractivity contribution in [1.29, 1.82) is 0 Å². The van der Waals surface area contributed by atoms with Crippen LogP contribution in [0.3, 0.4) is 0 Å². The molecule has 3 heterocycles. The fourth-order valence-corrected chi connectivity index (χ4v) is 6.95. The molecule has 0 unspecified atom stereocenters. The number of carbonyl (C=O) groups excluding carboxylic acids is 3. The number of nitrogens with zero attached hydrogens (tertiary/aromatic N) is 2. The molecule has 4 N–H and O–H groups in total. The van der Waals surface area contributed by atoms with Gasteiger partial charge in [0.25, 0.3) is 0 Å². The first-order chi connectivity index (χ1) is 20.4. The summed E-state index contributed by atoms with van der Waals surface area (Å²) in [4.78, 5) is 47.2. The Hall–Kier alpha value is -2.53. The number of benzene rings is 1. The number of aryl methyl sites for hydroxylation is 1. The van der Waals surface area contributed by atoms with Crippen LogP contribution < -0.4 is 16.0 Å². The zero-order valence-electron chi connectivity index (χ0n) is 26.7. The molecule has 0 aliphatic carbocycles. The SMILES string of the molecule is Cc1ncsc1-c1ccc([C@H](C)NC(=O)[C@@H]2C[C@@H](O)CN2C(=O)[C@@H](NC(=O)CCCCC2CCNCC2)C(C)(C)C)cc1.Cl. The molecule has 44 heavy (non-hydrogen) atoms. The molecule has 4 rings (SSSR count). The molecule has 0 radical (unpaired) electrons. The highest BCUT2D eigenvalue weighted by Gasteiger charge is 2.44. The summed E-state index contributed by atoms with van der Waals surface area (Å²) in [6.07, 6.45) is 5.04. The van der Waals surface area contributed by atoms with E-state index in [-0.39, 0.29) is 49.1 Å². The van der Waals surface area contributed by atoms with Gasteiger partial charge in [0.05, 0.1) is 28.2 Å². The second-order valence-corrected chi connectivity index (χ2v) is 14.2. The normalized spacial score (nSPS) is 20.5. The molecule has 4 atom stereocenters. The Morgan fingerprint density at radius 1 is 1.11 bits per heavy atom. The van der Waals surface area contributed by atoms with Crippen molar-refractivity contribution in [2.75, 3.05) is 19.6 Å². The van der Waals surface area contributed by atoms with Gasteiger partial charge in [-0.3, -0.25) is 14.4 Å². The largest absolute Gasteiger partial charge is 0.391 e. The van der Waals surface area contributed by atoms with Crippen LogP contribution in [0.2, 0.25) is 0 Å². The topological polar surface area (TPSA) is 124 Å². The van der Waals surface area contributed by atoms with Gasteiger partial charge in [-0.1, -0.05) is 57.9 Å². The standard InChI is InChI=1S/C33H49N5O4S.ClH/c1-21(24-10-12-25(13-11-24)29-22(2)35-20-43-29)36-31(41)27-18-26(39)19-38(27)32(42)30(33(3,4)5)37-28(40)9-7-6-8-23-14-16-34-17-15-23;/h10-13,20-21,23,26-27,30,34,39H,6-9,14-19H2,1-5H3,(H,36,41)(H,37,40);1H/t21-,26+,27-,30+;/m0./s1. The number of carbonyl (C=O) groups is 3. The average molecular weight is 648 g/mol. The molecule has 1 aromatic heterocycles. The summed E-state index contributed by atoms with van der Waals surface area (Å²) in [6, 6.07) is 6.13. The fourth-order valence-electron chi connectivity index (χ4n) is 6.14. The number of halogens is 1. The zero-order chi connectivity index (χ0) is 31.1. The van der Waals surface area contributed by atoms with E-state index in [1.54, 1.807) is 11.3 Å². The van der Waals surface area contributed by atoms with E-state index in [1.807, 2.05) is 64.4 Å². The molecule has 0 bridgehead atoms. The van der Waals surface area contributed by atoms with E-state index < -0.39 is 23.6 Å². The van der Waals surface area contributed by atoms with Crippen LogP contribution >= 0.6 is 23.7 Å². The third kappa shape index (κ3) is 9.49. The van der Waals surface area contributed by atoms with Crippen LogP contribution in [-0.4, -0.2) is 70.5 Å². The summed E-state index contributed by atoms with van der Waals surface area (Å²) < 4.78 is 0. The van der Waals surface area contributed by atoms with Crippen molar-refractivity contribution in [3.8, 4) is 10.4 Å². The van der Waals surface area contributed by atoms with Crippen LogP contribution in [0, 0.1) is 18.3 Å². The van der Waals surface area contributed by atoms with Gasteiger partial charge in [-0.05, 0) is 68.7 Å². The van der Waals surface area contributed by atoms with E-state index in [0.29, 0.717) is 6.42 Å². The van der Waals surface area contributed by atoms with Crippen LogP contribution in [0.4, 0.5) is 0 Å². The molecule has 0 saturated carbocycles. The quantitative estimate of drug-likeness (QED) is 0.261. The van der Waals surface area contributed by atoms with Gasteiger partial charge in [-0.2, -0.15) is 0 Å². The minimum Gasteiger partial charge on any atom is -0.391 e. The highest BCUT2D eigenvalue weighted by atomic mass is 35.5. The molecule has 2 aliphatic rings. The van der Waals surface area contributed by atoms with E-state index in [9.17, 15) is 19.5 Å². The van der Waals surface area contributed by atoms with Gasteiger partial charge in [0.15, 0.2) is 0 Å². The lowest BCUT2D eigenvalue weighted by molar-refractivity contribution is -0.144. The van der Waals surface area contributed by atoms with Crippen molar-refractivity contribution in [2.45, 2.75) is 104 Å². The maximum Gasteiger partial charge on any atom is 0.246 e. The van der Waals surface area contributed by atoms with Crippen molar-refractivity contribution in [3.05, 3.63) is 41.0 Å². The molecular formula is C33H50ClN5O4S. The first kappa shape index (κ1) is 35.9. The fraction of sp³-hybridized carbons (Fsp3) is 0.636. The number of hydrogen-bond acceptors (Lipinski definition) is 7. The third-order valence-electron chi connectivity index (χ3n) is 8.79. The number of nitrogens with one attached hydrogen (secondary N) is 3. The minimum atomic E-state index is -0.809. The first-order valence-corrected chi connectivity index (χ1v) is 16.6. The molecule has 9 nitrogen and oxygen atoms in total. The average Bonchev–Trinajstić information content (AvgIpc) is 3.59. The molecule has 2 fully saturated rings. The van der Waals surface area contributed by atoms with Gasteiger partial charge in [-0.15, -0.1) is 23.7 Å². The maximum atomic E-state index is 13.9. The Labute approximate surface area is 272 Å². The summed E-state index contributed by atoms with van der Waals surface area (Å²) >= 11 is 1.59. The Morgan fingerprint density at radius 2 is 1.80 bits per heavy atom. The Morgan fingerprint density at radius 3 is 2.41 bits per heavy atom. The summed E-state index contributed by atoms with van der Waals surface area (Å²) in [5, 5.41) is 19.9. The van der Waals surface area contributed by atoms with Gasteiger partial charge in [0, 0.05) is 19.4 Å². The third-order valence-corrected chi connectivity index (χ3v) is 9.76. The number of piperidine rings is 1. The lowest BCUT2D eigenvalue weighted by Crippen LogP contribution is -2.57. The number of aromatic nitrogens is 1. The van der Waals surface area contributed by atoms with Gasteiger partial charge >= 0.3 is 0 Å². The molecule has 0 spiro atoms. The van der Waals surface area contributed by atoms with Gasteiger partial charge in [0.1, 0.15) is 12.1 Å². The minimum absolute atomic E-state index is 0. The van der Waals surface area contributed by atoms with E-state index in [1.165, 1.54) is 17.7 Å². The highest BCUT2D eigenvalue weighted by molar-refractivity contribution is 7.13. The second-order valence-electron chi connectivity index (χ2n) is 13.3. The number of unbranched alkanes of at least 4 members (excludes halogenated alkanes) is 1. The Kier molecular flexibility index (Phi) is 13.2. The Balaban J connectivity index is 0.00000529. The van der Waals surface area contributed by atoms with Crippen molar-refractivity contribution < 1.29 is 19.5 Å². The number of rotatable bonds is 11. The number of hydrogen-bond donors (Lipinski definition) is 4. The second kappa shape index (κ2) is 16.2. The molecule has 2 aliphatic heterocycles. The lowest BCUT2D eigenvalue weighted by Gasteiger charge is -2.35. The van der Waals surface area contributed by atoms with Crippen LogP contribution in [0.5, 0.6) is 0 Å². The van der Waals surface area contributed by atoms with Crippen LogP contribution in [0.1, 0.15) is 89.9 Å². The van der Waals surface area contributed by atoms with E-state index in [4.69, 9.17) is 0 Å². The van der Waals surface area contributed by atoms with Gasteiger partial charge in [0.2, 0.25) is 17.7 Å². The van der Waals surface area contributed by atoms with Crippen molar-refractivity contribution in [2.24, 2.45) is 11.3 Å². The van der Waals surface area contributed by atoms with Gasteiger partial charge in [-0.25, -0.2) is 4.98 Å². The van der Waals surface area contributed by atoms with Gasteiger partial charge < -0.3 is 26.0 Å². The number of aliphatic hydroxyl groups is 1. The van der Waals surface area contributed by atoms with E-state index >= 15 is 0 Å². The molecular weight excluding hydrogens is 598 g/mol.